The van der Waals surface area contributed by atoms with Crippen LogP contribution in [0.4, 0.5) is 0 Å². The van der Waals surface area contributed by atoms with E-state index < -0.39 is 5.97 Å². The molecule has 0 aromatic heterocycles. The second-order valence-corrected chi connectivity index (χ2v) is 7.88. The van der Waals surface area contributed by atoms with Crippen LogP contribution in [0.3, 0.4) is 0 Å². The van der Waals surface area contributed by atoms with Crippen molar-refractivity contribution in [2.75, 3.05) is 0 Å². The third kappa shape index (κ3) is 12.5. The van der Waals surface area contributed by atoms with Gasteiger partial charge in [-0.05, 0) is 42.9 Å². The van der Waals surface area contributed by atoms with Crippen molar-refractivity contribution >= 4 is 5.97 Å². The van der Waals surface area contributed by atoms with Gasteiger partial charge in [-0.2, -0.15) is 0 Å². The lowest BCUT2D eigenvalue weighted by Crippen LogP contribution is -1.97. The first-order valence-corrected chi connectivity index (χ1v) is 11.1. The average molecular weight is 377 g/mol. The van der Waals surface area contributed by atoms with Gasteiger partial charge in [0.1, 0.15) is 5.75 Å². The summed E-state index contributed by atoms with van der Waals surface area (Å²) in [5.41, 5.74) is 1.28. The molecule has 2 N–H and O–H groups in total. The minimum atomic E-state index is -0.667. The van der Waals surface area contributed by atoms with E-state index >= 15 is 0 Å². The molecule has 1 atom stereocenters. The molecular formula is C24H40O3. The Morgan fingerprint density at radius 2 is 1.37 bits per heavy atom. The smallest absolute Gasteiger partial charge is 0.303 e. The van der Waals surface area contributed by atoms with Crippen LogP contribution in [0.25, 0.3) is 0 Å². The number of hydrogen-bond acceptors (Lipinski definition) is 2. The molecule has 1 aromatic carbocycles. The summed E-state index contributed by atoms with van der Waals surface area (Å²) >= 11 is 0. The van der Waals surface area contributed by atoms with Gasteiger partial charge in [-0.1, -0.05) is 89.7 Å². The van der Waals surface area contributed by atoms with E-state index in [1.807, 2.05) is 12.1 Å². The number of carboxylic acid groups (broad SMARTS) is 1. The van der Waals surface area contributed by atoms with E-state index in [9.17, 15) is 9.90 Å². The zero-order valence-electron chi connectivity index (χ0n) is 17.3. The van der Waals surface area contributed by atoms with Crippen LogP contribution in [-0.4, -0.2) is 16.2 Å². The third-order valence-corrected chi connectivity index (χ3v) is 5.53. The number of carboxylic acids is 1. The molecular weight excluding hydrogens is 336 g/mol. The van der Waals surface area contributed by atoms with E-state index in [1.165, 1.54) is 76.2 Å². The second kappa shape index (κ2) is 15.5. The summed E-state index contributed by atoms with van der Waals surface area (Å²) in [4.78, 5) is 10.4. The Balaban J connectivity index is 1.90. The van der Waals surface area contributed by atoms with Crippen molar-refractivity contribution in [1.82, 2.24) is 0 Å². The molecule has 3 heteroatoms. The van der Waals surface area contributed by atoms with Gasteiger partial charge in [-0.3, -0.25) is 4.79 Å². The van der Waals surface area contributed by atoms with Crippen molar-refractivity contribution in [3.8, 4) is 5.75 Å². The first-order valence-electron chi connectivity index (χ1n) is 11.1. The molecule has 1 rings (SSSR count). The molecule has 0 fully saturated rings. The molecule has 1 unspecified atom stereocenters. The highest BCUT2D eigenvalue weighted by Gasteiger charge is 2.09. The van der Waals surface area contributed by atoms with E-state index in [1.54, 1.807) is 6.07 Å². The van der Waals surface area contributed by atoms with E-state index in [2.05, 4.69) is 13.0 Å². The lowest BCUT2D eigenvalue weighted by Gasteiger charge is -2.15. The second-order valence-electron chi connectivity index (χ2n) is 7.88. The van der Waals surface area contributed by atoms with Crippen LogP contribution >= 0.6 is 0 Å². The third-order valence-electron chi connectivity index (χ3n) is 5.53. The molecule has 0 saturated carbocycles. The molecule has 0 saturated heterocycles. The molecule has 0 bridgehead atoms. The van der Waals surface area contributed by atoms with Crippen molar-refractivity contribution in [3.05, 3.63) is 29.8 Å². The van der Waals surface area contributed by atoms with E-state index in [-0.39, 0.29) is 0 Å². The molecule has 0 spiro atoms. The molecule has 154 valence electrons. The Hall–Kier alpha value is -1.51. The van der Waals surface area contributed by atoms with Crippen LogP contribution in [0.15, 0.2) is 24.3 Å². The van der Waals surface area contributed by atoms with Crippen LogP contribution in [0.1, 0.15) is 115 Å². The Morgan fingerprint density at radius 1 is 0.852 bits per heavy atom. The molecule has 0 amide bonds. The summed E-state index contributed by atoms with van der Waals surface area (Å²) < 4.78 is 0. The molecule has 27 heavy (non-hydrogen) atoms. The van der Waals surface area contributed by atoms with Gasteiger partial charge >= 0.3 is 5.97 Å². The fourth-order valence-electron chi connectivity index (χ4n) is 3.82. The van der Waals surface area contributed by atoms with Crippen LogP contribution < -0.4 is 0 Å². The first-order chi connectivity index (χ1) is 13.1. The number of hydrogen-bond donors (Lipinski definition) is 2. The number of unbranched alkanes of at least 4 members (excludes halogenated alkanes) is 11. The molecule has 3 nitrogen and oxygen atoms in total. The zero-order chi connectivity index (χ0) is 19.7. The zero-order valence-corrected chi connectivity index (χ0v) is 17.3. The van der Waals surface area contributed by atoms with Gasteiger partial charge in [0.2, 0.25) is 0 Å². The maximum atomic E-state index is 10.4. The Bertz CT molecular complexity index is 498. The molecule has 0 aliphatic heterocycles. The van der Waals surface area contributed by atoms with Crippen LogP contribution in [0.5, 0.6) is 5.75 Å². The lowest BCUT2D eigenvalue weighted by atomic mass is 9.90. The Labute approximate surface area is 166 Å². The number of benzene rings is 1. The number of carbonyl (C=O) groups is 1. The van der Waals surface area contributed by atoms with Crippen LogP contribution in [0.2, 0.25) is 0 Å². The monoisotopic (exact) mass is 376 g/mol. The first kappa shape index (κ1) is 23.5. The van der Waals surface area contributed by atoms with E-state index in [0.717, 1.165) is 19.3 Å². The van der Waals surface area contributed by atoms with E-state index in [0.29, 0.717) is 18.1 Å². The maximum Gasteiger partial charge on any atom is 0.303 e. The van der Waals surface area contributed by atoms with Gasteiger partial charge in [0.25, 0.3) is 0 Å². The van der Waals surface area contributed by atoms with Gasteiger partial charge < -0.3 is 10.2 Å². The Kier molecular flexibility index (Phi) is 13.5. The lowest BCUT2D eigenvalue weighted by molar-refractivity contribution is -0.137. The topological polar surface area (TPSA) is 57.5 Å². The van der Waals surface area contributed by atoms with Crippen molar-refractivity contribution in [2.24, 2.45) is 0 Å². The largest absolute Gasteiger partial charge is 0.508 e. The van der Waals surface area contributed by atoms with Gasteiger partial charge in [0.05, 0.1) is 0 Å². The fourth-order valence-corrected chi connectivity index (χ4v) is 3.82. The number of phenolic OH excluding ortho intramolecular Hbond substituents is 1. The summed E-state index contributed by atoms with van der Waals surface area (Å²) in [5, 5.41) is 18.2. The average Bonchev–Trinajstić information content (AvgIpc) is 2.64. The van der Waals surface area contributed by atoms with Crippen molar-refractivity contribution < 1.29 is 15.0 Å². The van der Waals surface area contributed by atoms with Crippen LogP contribution in [-0.2, 0) is 4.79 Å². The highest BCUT2D eigenvalue weighted by Crippen LogP contribution is 2.28. The Morgan fingerprint density at radius 3 is 1.85 bits per heavy atom. The molecule has 0 radical (unpaired) electrons. The van der Waals surface area contributed by atoms with Gasteiger partial charge in [0, 0.05) is 6.42 Å². The summed E-state index contributed by atoms with van der Waals surface area (Å²) in [5.74, 6) is 0.290. The predicted octanol–water partition coefficient (Wildman–Crippen LogP) is 7.43. The fraction of sp³-hybridized carbons (Fsp3) is 0.708. The molecule has 0 heterocycles. The number of aliphatic carboxylic acids is 1. The number of phenols is 1. The minimum Gasteiger partial charge on any atom is -0.508 e. The minimum absolute atomic E-state index is 0.326. The summed E-state index contributed by atoms with van der Waals surface area (Å²) in [7, 11) is 0. The molecule has 0 aliphatic carbocycles. The summed E-state index contributed by atoms with van der Waals surface area (Å²) in [6.07, 6.45) is 17.6. The van der Waals surface area contributed by atoms with E-state index in [4.69, 9.17) is 5.11 Å². The van der Waals surface area contributed by atoms with Gasteiger partial charge in [-0.15, -0.1) is 0 Å². The SMILES string of the molecule is CCC(CCCCCCCCCCCCCCC(=O)O)c1cccc(O)c1. The van der Waals surface area contributed by atoms with Crippen LogP contribution in [0, 0.1) is 0 Å². The molecule has 1 aromatic rings. The number of rotatable bonds is 17. The standard InChI is InChI=1S/C24H40O3/c1-2-21(22-17-15-18-23(25)20-22)16-13-11-9-7-5-3-4-6-8-10-12-14-19-24(26)27/h15,17-18,20-21,25H,2-14,16,19H2,1H3,(H,26,27). The molecule has 0 aliphatic rings. The summed E-state index contributed by atoms with van der Waals surface area (Å²) in [6.45, 7) is 2.24. The van der Waals surface area contributed by atoms with Crippen molar-refractivity contribution in [3.63, 3.8) is 0 Å². The van der Waals surface area contributed by atoms with Gasteiger partial charge in [-0.25, -0.2) is 0 Å². The highest BCUT2D eigenvalue weighted by molar-refractivity contribution is 5.66. The van der Waals surface area contributed by atoms with Crippen molar-refractivity contribution in [2.45, 2.75) is 109 Å². The predicted molar refractivity (Wildman–Crippen MR) is 113 cm³/mol. The van der Waals surface area contributed by atoms with Crippen molar-refractivity contribution in [1.29, 1.82) is 0 Å². The summed E-state index contributed by atoms with van der Waals surface area (Å²) in [6, 6.07) is 7.75. The normalized spacial score (nSPS) is 12.2. The maximum absolute atomic E-state index is 10.4. The highest BCUT2D eigenvalue weighted by atomic mass is 16.4. The quantitative estimate of drug-likeness (QED) is 0.278. The van der Waals surface area contributed by atoms with Gasteiger partial charge in [0.15, 0.2) is 0 Å². The number of aromatic hydroxyl groups is 1.